The van der Waals surface area contributed by atoms with Crippen LogP contribution in [0.2, 0.25) is 0 Å². The summed E-state index contributed by atoms with van der Waals surface area (Å²) in [5, 5.41) is 0. The number of hydrogen-bond donors (Lipinski definition) is 0. The topological polar surface area (TPSA) is 56.1 Å². The Bertz CT molecular complexity index is 1220. The Hall–Kier alpha value is -3.25. The summed E-state index contributed by atoms with van der Waals surface area (Å²) in [6.45, 7) is 9.56. The second-order valence-electron chi connectivity index (χ2n) is 8.06. The Labute approximate surface area is 182 Å². The predicted octanol–water partition coefficient (Wildman–Crippen LogP) is 4.50. The van der Waals surface area contributed by atoms with E-state index in [1.165, 1.54) is 5.56 Å². The Kier molecular flexibility index (Phi) is 5.16. The van der Waals surface area contributed by atoms with Gasteiger partial charge in [-0.3, -0.25) is 9.55 Å². The number of nitrogens with zero attached hydrogens (tertiary/aromatic N) is 5. The van der Waals surface area contributed by atoms with Crippen LogP contribution in [0.4, 0.5) is 5.82 Å². The summed E-state index contributed by atoms with van der Waals surface area (Å²) in [7, 11) is 0. The number of aromatic nitrogens is 4. The fourth-order valence-corrected chi connectivity index (χ4v) is 4.12. The predicted molar refractivity (Wildman–Crippen MR) is 124 cm³/mol. The molecule has 0 spiro atoms. The number of imidazole rings is 1. The number of benzene rings is 1. The lowest BCUT2D eigenvalue weighted by molar-refractivity contribution is 0.122. The minimum atomic E-state index is 0.748. The molecular formula is C25H27N5O. The second-order valence-corrected chi connectivity index (χ2v) is 8.06. The van der Waals surface area contributed by atoms with Gasteiger partial charge in [-0.2, -0.15) is 0 Å². The molecule has 1 saturated heterocycles. The minimum absolute atomic E-state index is 0.748. The highest BCUT2D eigenvalue weighted by Gasteiger charge is 2.19. The van der Waals surface area contributed by atoms with Gasteiger partial charge >= 0.3 is 0 Å². The van der Waals surface area contributed by atoms with E-state index >= 15 is 0 Å². The van der Waals surface area contributed by atoms with E-state index in [0.717, 1.165) is 77.9 Å². The van der Waals surface area contributed by atoms with Gasteiger partial charge in [0.1, 0.15) is 11.6 Å². The molecule has 6 nitrogen and oxygen atoms in total. The maximum atomic E-state index is 5.48. The zero-order valence-electron chi connectivity index (χ0n) is 18.3. The lowest BCUT2D eigenvalue weighted by Gasteiger charge is -2.28. The first-order chi connectivity index (χ1) is 15.1. The number of hydrogen-bond acceptors (Lipinski definition) is 5. The molecule has 0 unspecified atom stereocenters. The van der Waals surface area contributed by atoms with Crippen LogP contribution in [-0.4, -0.2) is 45.8 Å². The molecule has 0 aliphatic carbocycles. The average molecular weight is 414 g/mol. The summed E-state index contributed by atoms with van der Waals surface area (Å²) in [6.07, 6.45) is 4.86. The van der Waals surface area contributed by atoms with E-state index < -0.39 is 0 Å². The van der Waals surface area contributed by atoms with Crippen LogP contribution in [0.25, 0.3) is 28.1 Å². The summed E-state index contributed by atoms with van der Waals surface area (Å²) in [5.74, 6) is 1.89. The van der Waals surface area contributed by atoms with E-state index in [2.05, 4.69) is 58.6 Å². The lowest BCUT2D eigenvalue weighted by Crippen LogP contribution is -2.36. The Morgan fingerprint density at radius 1 is 0.968 bits per heavy atom. The maximum Gasteiger partial charge on any atom is 0.147 e. The van der Waals surface area contributed by atoms with E-state index in [-0.39, 0.29) is 0 Å². The van der Waals surface area contributed by atoms with Gasteiger partial charge in [0.05, 0.1) is 36.1 Å². The molecule has 0 saturated carbocycles. The van der Waals surface area contributed by atoms with Crippen LogP contribution in [0.15, 0.2) is 48.8 Å². The maximum absolute atomic E-state index is 5.48. The number of fused-ring (bicyclic) bond motifs is 1. The van der Waals surface area contributed by atoms with E-state index in [9.17, 15) is 0 Å². The second kappa shape index (κ2) is 8.12. The van der Waals surface area contributed by atoms with Crippen molar-refractivity contribution in [3.05, 3.63) is 65.6 Å². The SMILES string of the molecule is CCc1ccc2nc(-c3cnc(N4CCOCC4)cc3C)n(-c3ccc(C)nc3)c2c1. The Balaban J connectivity index is 1.67. The van der Waals surface area contributed by atoms with Crippen LogP contribution >= 0.6 is 0 Å². The van der Waals surface area contributed by atoms with Crippen molar-refractivity contribution in [3.8, 4) is 17.1 Å². The Morgan fingerprint density at radius 2 is 1.81 bits per heavy atom. The van der Waals surface area contributed by atoms with Crippen molar-refractivity contribution in [2.75, 3.05) is 31.2 Å². The van der Waals surface area contributed by atoms with Crippen molar-refractivity contribution in [2.45, 2.75) is 27.2 Å². The standard InChI is InChI=1S/C25H27N5O/c1-4-19-6-8-22-23(14-19)30(20-7-5-18(3)26-15-20)25(28-22)21-16-27-24(13-17(21)2)29-9-11-31-12-10-29/h5-8,13-16H,4,9-12H2,1-3H3. The molecule has 1 aliphatic heterocycles. The molecule has 5 rings (SSSR count). The van der Waals surface area contributed by atoms with E-state index in [1.54, 1.807) is 0 Å². The number of anilines is 1. The number of pyridine rings is 2. The molecular weight excluding hydrogens is 386 g/mol. The smallest absolute Gasteiger partial charge is 0.147 e. The van der Waals surface area contributed by atoms with Crippen LogP contribution in [0.1, 0.15) is 23.7 Å². The molecule has 1 fully saturated rings. The van der Waals surface area contributed by atoms with Gasteiger partial charge in [-0.15, -0.1) is 0 Å². The summed E-state index contributed by atoms with van der Waals surface area (Å²) in [4.78, 5) is 16.6. The number of aryl methyl sites for hydroxylation is 3. The number of ether oxygens (including phenoxy) is 1. The average Bonchev–Trinajstić information content (AvgIpc) is 3.18. The summed E-state index contributed by atoms with van der Waals surface area (Å²) in [6, 6.07) is 12.8. The highest BCUT2D eigenvalue weighted by Crippen LogP contribution is 2.32. The van der Waals surface area contributed by atoms with Gasteiger partial charge in [-0.25, -0.2) is 9.97 Å². The van der Waals surface area contributed by atoms with Crippen molar-refractivity contribution < 1.29 is 4.74 Å². The fraction of sp³-hybridized carbons (Fsp3) is 0.320. The molecule has 158 valence electrons. The lowest BCUT2D eigenvalue weighted by atomic mass is 10.1. The normalized spacial score (nSPS) is 14.4. The Morgan fingerprint density at radius 3 is 2.52 bits per heavy atom. The molecule has 4 aromatic rings. The van der Waals surface area contributed by atoms with Crippen LogP contribution in [0, 0.1) is 13.8 Å². The molecule has 1 aromatic carbocycles. The van der Waals surface area contributed by atoms with Crippen molar-refractivity contribution in [1.82, 2.24) is 19.5 Å². The van der Waals surface area contributed by atoms with Crippen molar-refractivity contribution in [2.24, 2.45) is 0 Å². The van der Waals surface area contributed by atoms with Gasteiger partial charge in [0.2, 0.25) is 0 Å². The molecule has 6 heteroatoms. The first-order valence-electron chi connectivity index (χ1n) is 10.9. The molecule has 31 heavy (non-hydrogen) atoms. The molecule has 0 atom stereocenters. The zero-order valence-corrected chi connectivity index (χ0v) is 18.3. The largest absolute Gasteiger partial charge is 0.378 e. The molecule has 0 bridgehead atoms. The van der Waals surface area contributed by atoms with Crippen molar-refractivity contribution >= 4 is 16.9 Å². The molecule has 0 radical (unpaired) electrons. The summed E-state index contributed by atoms with van der Waals surface area (Å²) in [5.41, 5.74) is 7.55. The van der Waals surface area contributed by atoms with Crippen molar-refractivity contribution in [1.29, 1.82) is 0 Å². The van der Waals surface area contributed by atoms with Gasteiger partial charge in [0.15, 0.2) is 0 Å². The minimum Gasteiger partial charge on any atom is -0.378 e. The van der Waals surface area contributed by atoms with Crippen LogP contribution < -0.4 is 4.90 Å². The first kappa shape index (κ1) is 19.7. The van der Waals surface area contributed by atoms with E-state index in [0.29, 0.717) is 0 Å². The van der Waals surface area contributed by atoms with Crippen LogP contribution in [0.5, 0.6) is 0 Å². The fourth-order valence-electron chi connectivity index (χ4n) is 4.12. The third kappa shape index (κ3) is 3.68. The van der Waals surface area contributed by atoms with Crippen LogP contribution in [0.3, 0.4) is 0 Å². The first-order valence-corrected chi connectivity index (χ1v) is 10.9. The summed E-state index contributed by atoms with van der Waals surface area (Å²) >= 11 is 0. The van der Waals surface area contributed by atoms with Gasteiger partial charge < -0.3 is 9.64 Å². The monoisotopic (exact) mass is 413 g/mol. The van der Waals surface area contributed by atoms with Gasteiger partial charge in [-0.05, 0) is 61.7 Å². The molecule has 1 aliphatic rings. The molecule has 0 N–H and O–H groups in total. The van der Waals surface area contributed by atoms with Crippen molar-refractivity contribution in [3.63, 3.8) is 0 Å². The quantitative estimate of drug-likeness (QED) is 0.493. The highest BCUT2D eigenvalue weighted by molar-refractivity contribution is 5.84. The third-order valence-corrected chi connectivity index (χ3v) is 5.95. The molecule has 4 heterocycles. The van der Waals surface area contributed by atoms with Gasteiger partial charge in [-0.1, -0.05) is 13.0 Å². The molecule has 3 aromatic heterocycles. The number of morpholine rings is 1. The van der Waals surface area contributed by atoms with Gasteiger partial charge in [0.25, 0.3) is 0 Å². The molecule has 0 amide bonds. The number of rotatable bonds is 4. The third-order valence-electron chi connectivity index (χ3n) is 5.95. The zero-order chi connectivity index (χ0) is 21.4. The highest BCUT2D eigenvalue weighted by atomic mass is 16.5. The van der Waals surface area contributed by atoms with Gasteiger partial charge in [0, 0.05) is 30.5 Å². The van der Waals surface area contributed by atoms with Crippen LogP contribution in [-0.2, 0) is 11.2 Å². The summed E-state index contributed by atoms with van der Waals surface area (Å²) < 4.78 is 7.69. The van der Waals surface area contributed by atoms with E-state index in [1.807, 2.05) is 25.4 Å². The van der Waals surface area contributed by atoms with E-state index in [4.69, 9.17) is 14.7 Å².